The first kappa shape index (κ1) is 26.0. The molecule has 11 heteroatoms. The quantitative estimate of drug-likeness (QED) is 0.289. The van der Waals surface area contributed by atoms with Crippen molar-refractivity contribution in [3.05, 3.63) is 88.2 Å². The molecule has 37 heavy (non-hydrogen) atoms. The summed E-state index contributed by atoms with van der Waals surface area (Å²) in [5, 5.41) is 12.5. The van der Waals surface area contributed by atoms with Crippen molar-refractivity contribution in [2.45, 2.75) is 32.1 Å². The van der Waals surface area contributed by atoms with E-state index in [1.807, 2.05) is 0 Å². The van der Waals surface area contributed by atoms with Crippen molar-refractivity contribution in [3.63, 3.8) is 0 Å². The number of carbonyl (C=O) groups is 2. The molecule has 190 valence electrons. The third-order valence-electron chi connectivity index (χ3n) is 6.03. The van der Waals surface area contributed by atoms with Crippen LogP contribution in [0.1, 0.15) is 30.5 Å². The Morgan fingerprint density at radius 1 is 1.03 bits per heavy atom. The van der Waals surface area contributed by atoms with Gasteiger partial charge >= 0.3 is 12.2 Å². The number of rotatable bonds is 5. The SMILES string of the molecule is CC1(C)C(=O)N(c2ccc(C#N)c(C(F)(F)F)c2)C(=O)N1Cc1cc(Cl)ccc1Nc1ccc(F)cc1. The highest BCUT2D eigenvalue weighted by Crippen LogP contribution is 2.39. The minimum Gasteiger partial charge on any atom is -0.355 e. The van der Waals surface area contributed by atoms with Crippen LogP contribution in [0.3, 0.4) is 0 Å². The van der Waals surface area contributed by atoms with E-state index in [2.05, 4.69) is 5.32 Å². The summed E-state index contributed by atoms with van der Waals surface area (Å²) in [5.74, 6) is -1.15. The molecule has 0 aliphatic carbocycles. The molecule has 6 nitrogen and oxygen atoms in total. The zero-order chi connectivity index (χ0) is 27.1. The highest BCUT2D eigenvalue weighted by molar-refractivity contribution is 6.30. The lowest BCUT2D eigenvalue weighted by Crippen LogP contribution is -2.43. The fraction of sp³-hybridized carbons (Fsp3) is 0.192. The smallest absolute Gasteiger partial charge is 0.355 e. The van der Waals surface area contributed by atoms with Crippen molar-refractivity contribution in [2.75, 3.05) is 10.2 Å². The summed E-state index contributed by atoms with van der Waals surface area (Å²) in [6.45, 7) is 2.86. The van der Waals surface area contributed by atoms with Gasteiger partial charge in [0.1, 0.15) is 11.4 Å². The Morgan fingerprint density at radius 2 is 1.70 bits per heavy atom. The van der Waals surface area contributed by atoms with Gasteiger partial charge in [0.25, 0.3) is 5.91 Å². The Bertz CT molecular complexity index is 1430. The van der Waals surface area contributed by atoms with Crippen LogP contribution >= 0.6 is 11.6 Å². The number of halogens is 5. The second-order valence-corrected chi connectivity index (χ2v) is 9.28. The second kappa shape index (κ2) is 9.41. The van der Waals surface area contributed by atoms with Crippen LogP contribution in [0, 0.1) is 17.1 Å². The largest absolute Gasteiger partial charge is 0.417 e. The molecule has 0 spiro atoms. The number of alkyl halides is 3. The molecule has 0 aromatic heterocycles. The summed E-state index contributed by atoms with van der Waals surface area (Å²) < 4.78 is 53.8. The lowest BCUT2D eigenvalue weighted by atomic mass is 10.0. The third kappa shape index (κ3) is 4.95. The summed E-state index contributed by atoms with van der Waals surface area (Å²) in [6, 6.07) is 13.8. The van der Waals surface area contributed by atoms with Gasteiger partial charge in [-0.25, -0.2) is 14.1 Å². The molecule has 0 radical (unpaired) electrons. The van der Waals surface area contributed by atoms with E-state index in [-0.39, 0.29) is 12.2 Å². The van der Waals surface area contributed by atoms with E-state index in [9.17, 15) is 27.2 Å². The molecule has 1 aliphatic heterocycles. The zero-order valence-electron chi connectivity index (χ0n) is 19.5. The highest BCUT2D eigenvalue weighted by atomic mass is 35.5. The van der Waals surface area contributed by atoms with Crippen LogP contribution in [0.25, 0.3) is 0 Å². The number of imide groups is 1. The van der Waals surface area contributed by atoms with E-state index < -0.39 is 40.6 Å². The first-order valence-corrected chi connectivity index (χ1v) is 11.3. The van der Waals surface area contributed by atoms with Gasteiger partial charge in [-0.2, -0.15) is 18.4 Å². The van der Waals surface area contributed by atoms with E-state index in [4.69, 9.17) is 16.9 Å². The lowest BCUT2D eigenvalue weighted by Gasteiger charge is -2.28. The first-order valence-electron chi connectivity index (χ1n) is 10.9. The van der Waals surface area contributed by atoms with Gasteiger partial charge in [-0.1, -0.05) is 11.6 Å². The van der Waals surface area contributed by atoms with Crippen LogP contribution < -0.4 is 10.2 Å². The van der Waals surface area contributed by atoms with E-state index in [1.165, 1.54) is 49.1 Å². The van der Waals surface area contributed by atoms with Crippen LogP contribution in [-0.2, 0) is 17.5 Å². The molecule has 1 aliphatic rings. The molecule has 1 fully saturated rings. The molecule has 0 saturated carbocycles. The Labute approximate surface area is 214 Å². The summed E-state index contributed by atoms with van der Waals surface area (Å²) in [5.41, 5.74) is -1.97. The molecule has 1 N–H and O–H groups in total. The minimum absolute atomic E-state index is 0.111. The molecule has 1 heterocycles. The van der Waals surface area contributed by atoms with Gasteiger partial charge < -0.3 is 10.2 Å². The van der Waals surface area contributed by atoms with Crippen LogP contribution in [-0.4, -0.2) is 22.4 Å². The topological polar surface area (TPSA) is 76.4 Å². The molecule has 0 bridgehead atoms. The monoisotopic (exact) mass is 530 g/mol. The number of benzene rings is 3. The molecule has 1 saturated heterocycles. The molecule has 3 aromatic rings. The fourth-order valence-electron chi connectivity index (χ4n) is 4.01. The molecular formula is C26H19ClF4N4O2. The number of hydrogen-bond donors (Lipinski definition) is 1. The summed E-state index contributed by atoms with van der Waals surface area (Å²) in [4.78, 5) is 28.6. The fourth-order valence-corrected chi connectivity index (χ4v) is 4.20. The van der Waals surface area contributed by atoms with Crippen LogP contribution in [0.4, 0.5) is 39.4 Å². The Morgan fingerprint density at radius 3 is 2.32 bits per heavy atom. The van der Waals surface area contributed by atoms with Crippen molar-refractivity contribution >= 4 is 40.6 Å². The predicted molar refractivity (Wildman–Crippen MR) is 130 cm³/mol. The molecule has 4 rings (SSSR count). The number of amides is 3. The average molecular weight is 531 g/mol. The minimum atomic E-state index is -4.86. The summed E-state index contributed by atoms with van der Waals surface area (Å²) >= 11 is 6.18. The van der Waals surface area contributed by atoms with E-state index in [0.717, 1.165) is 12.1 Å². The first-order chi connectivity index (χ1) is 17.3. The number of hydrogen-bond acceptors (Lipinski definition) is 4. The average Bonchev–Trinajstić information content (AvgIpc) is 3.00. The van der Waals surface area contributed by atoms with Gasteiger partial charge in [0.2, 0.25) is 0 Å². The molecule has 0 atom stereocenters. The second-order valence-electron chi connectivity index (χ2n) is 8.84. The maximum Gasteiger partial charge on any atom is 0.417 e. The maximum atomic E-state index is 13.5. The number of nitrogens with one attached hydrogen (secondary N) is 1. The van der Waals surface area contributed by atoms with Crippen molar-refractivity contribution in [2.24, 2.45) is 0 Å². The van der Waals surface area contributed by atoms with Gasteiger partial charge in [0, 0.05) is 16.4 Å². The molecule has 3 aromatic carbocycles. The van der Waals surface area contributed by atoms with Gasteiger partial charge in [0.05, 0.1) is 29.4 Å². The Balaban J connectivity index is 1.70. The van der Waals surface area contributed by atoms with Crippen LogP contribution in [0.15, 0.2) is 60.7 Å². The standard InChI is InChI=1S/C26H19ClF4N4O2/c1-25(2)23(36)35(20-9-3-15(13-32)21(12-20)26(29,30)31)24(37)34(25)14-16-11-17(27)4-10-22(16)33-19-7-5-18(28)6-8-19/h3-12,33H,14H2,1-2H3. The summed E-state index contributed by atoms with van der Waals surface area (Å²) in [6.07, 6.45) is -4.86. The summed E-state index contributed by atoms with van der Waals surface area (Å²) in [7, 11) is 0. The number of carbonyl (C=O) groups excluding carboxylic acids is 2. The van der Waals surface area contributed by atoms with Gasteiger partial charge in [-0.3, -0.25) is 4.79 Å². The molecular weight excluding hydrogens is 512 g/mol. The van der Waals surface area contributed by atoms with Gasteiger partial charge in [-0.15, -0.1) is 0 Å². The molecule has 3 amide bonds. The van der Waals surface area contributed by atoms with E-state index in [0.29, 0.717) is 32.9 Å². The molecule has 0 unspecified atom stereocenters. The Hall–Kier alpha value is -4.10. The van der Waals surface area contributed by atoms with Crippen molar-refractivity contribution in [3.8, 4) is 6.07 Å². The van der Waals surface area contributed by atoms with E-state index in [1.54, 1.807) is 18.2 Å². The number of urea groups is 1. The number of anilines is 3. The lowest BCUT2D eigenvalue weighted by molar-refractivity contribution is -0.137. The van der Waals surface area contributed by atoms with Crippen molar-refractivity contribution in [1.29, 1.82) is 5.26 Å². The number of nitriles is 1. The zero-order valence-corrected chi connectivity index (χ0v) is 20.3. The van der Waals surface area contributed by atoms with E-state index >= 15 is 0 Å². The van der Waals surface area contributed by atoms with Crippen molar-refractivity contribution in [1.82, 2.24) is 4.90 Å². The van der Waals surface area contributed by atoms with Gasteiger partial charge in [0.15, 0.2) is 0 Å². The number of nitrogens with zero attached hydrogens (tertiary/aromatic N) is 3. The Kier molecular flexibility index (Phi) is 6.60. The maximum absolute atomic E-state index is 13.5. The van der Waals surface area contributed by atoms with Crippen molar-refractivity contribution < 1.29 is 27.2 Å². The van der Waals surface area contributed by atoms with Crippen LogP contribution in [0.2, 0.25) is 5.02 Å². The highest BCUT2D eigenvalue weighted by Gasteiger charge is 2.52. The predicted octanol–water partition coefficient (Wildman–Crippen LogP) is 6.86. The van der Waals surface area contributed by atoms with Gasteiger partial charge in [-0.05, 0) is 80.1 Å². The normalized spacial score (nSPS) is 15.2. The third-order valence-corrected chi connectivity index (χ3v) is 6.26. The van der Waals surface area contributed by atoms with Crippen LogP contribution in [0.5, 0.6) is 0 Å².